The molecule has 1 aromatic rings. The predicted molar refractivity (Wildman–Crippen MR) is 76.1 cm³/mol. The fourth-order valence-electron chi connectivity index (χ4n) is 2.67. The first-order valence-electron chi connectivity index (χ1n) is 7.16. The van der Waals surface area contributed by atoms with Gasteiger partial charge in [0, 0.05) is 36.4 Å². The third-order valence-corrected chi connectivity index (χ3v) is 4.06. The van der Waals surface area contributed by atoms with Crippen molar-refractivity contribution in [3.63, 3.8) is 0 Å². The summed E-state index contributed by atoms with van der Waals surface area (Å²) in [5.74, 6) is 1.05. The molecule has 1 saturated heterocycles. The van der Waals surface area contributed by atoms with Crippen molar-refractivity contribution in [2.75, 3.05) is 18.4 Å². The zero-order valence-corrected chi connectivity index (χ0v) is 12.1. The maximum atomic E-state index is 4.39. The first-order chi connectivity index (χ1) is 8.61. The maximum absolute atomic E-state index is 4.39. The molecule has 0 amide bonds. The molecule has 2 heterocycles. The van der Waals surface area contributed by atoms with Crippen molar-refractivity contribution in [3.05, 3.63) is 11.3 Å². The fraction of sp³-hybridized carbons (Fsp3) is 0.786. The summed E-state index contributed by atoms with van der Waals surface area (Å²) in [6, 6.07) is 1.25. The molecule has 1 fully saturated rings. The van der Waals surface area contributed by atoms with Gasteiger partial charge in [-0.15, -0.1) is 0 Å². The number of aryl methyl sites for hydroxylation is 1. The van der Waals surface area contributed by atoms with Crippen molar-refractivity contribution in [2.45, 2.75) is 59.0 Å². The lowest BCUT2D eigenvalue weighted by Crippen LogP contribution is -2.42. The maximum Gasteiger partial charge on any atom is 0.151 e. The summed E-state index contributed by atoms with van der Waals surface area (Å²) >= 11 is 0. The van der Waals surface area contributed by atoms with Crippen LogP contribution in [0.5, 0.6) is 0 Å². The molecule has 0 spiro atoms. The van der Waals surface area contributed by atoms with Crippen LogP contribution in [-0.2, 0) is 6.42 Å². The van der Waals surface area contributed by atoms with Gasteiger partial charge < -0.3 is 10.2 Å². The van der Waals surface area contributed by atoms with E-state index in [1.807, 2.05) is 0 Å². The average molecular weight is 250 g/mol. The summed E-state index contributed by atoms with van der Waals surface area (Å²) in [7, 11) is 0. The lowest BCUT2D eigenvalue weighted by molar-refractivity contribution is 0.177. The van der Waals surface area contributed by atoms with Crippen molar-refractivity contribution in [3.8, 4) is 0 Å². The summed E-state index contributed by atoms with van der Waals surface area (Å²) < 4.78 is 0. The number of hydrogen-bond acceptors (Lipinski definition) is 3. The molecule has 2 N–H and O–H groups in total. The van der Waals surface area contributed by atoms with Gasteiger partial charge in [0.25, 0.3) is 0 Å². The van der Waals surface area contributed by atoms with Crippen molar-refractivity contribution in [1.82, 2.24) is 15.1 Å². The summed E-state index contributed by atoms with van der Waals surface area (Å²) in [5, 5.41) is 11.1. The fourth-order valence-corrected chi connectivity index (χ4v) is 2.67. The lowest BCUT2D eigenvalue weighted by Gasteiger charge is -2.35. The molecule has 0 atom stereocenters. The number of aromatic nitrogens is 2. The van der Waals surface area contributed by atoms with Gasteiger partial charge in [-0.1, -0.05) is 6.92 Å². The normalized spacial score (nSPS) is 18.5. The molecule has 4 nitrogen and oxygen atoms in total. The van der Waals surface area contributed by atoms with Gasteiger partial charge in [-0.25, -0.2) is 0 Å². The summed E-state index contributed by atoms with van der Waals surface area (Å²) in [4.78, 5) is 2.55. The van der Waals surface area contributed by atoms with Gasteiger partial charge in [0.2, 0.25) is 0 Å². The van der Waals surface area contributed by atoms with E-state index in [0.29, 0.717) is 12.1 Å². The zero-order valence-electron chi connectivity index (χ0n) is 12.1. The standard InChI is InChI=1S/C14H26N4/c1-5-13-11(4)14(17-16-13)15-12-6-8-18(9-7-12)10(2)3/h10,12H,5-9H2,1-4H3,(H2,15,16,17). The minimum atomic E-state index is 0.576. The molecule has 0 bridgehead atoms. The molecule has 0 aliphatic carbocycles. The van der Waals surface area contributed by atoms with Gasteiger partial charge in [-0.2, -0.15) is 5.10 Å². The van der Waals surface area contributed by atoms with Gasteiger partial charge in [-0.3, -0.25) is 5.10 Å². The van der Waals surface area contributed by atoms with Gasteiger partial charge in [0.05, 0.1) is 0 Å². The number of rotatable bonds is 4. The number of nitrogens with zero attached hydrogens (tertiary/aromatic N) is 2. The van der Waals surface area contributed by atoms with E-state index in [9.17, 15) is 0 Å². The number of H-pyrrole nitrogens is 1. The van der Waals surface area contributed by atoms with Crippen molar-refractivity contribution < 1.29 is 0 Å². The smallest absolute Gasteiger partial charge is 0.151 e. The molecule has 0 radical (unpaired) electrons. The monoisotopic (exact) mass is 250 g/mol. The third kappa shape index (κ3) is 2.86. The van der Waals surface area contributed by atoms with Gasteiger partial charge in [-0.05, 0) is 40.0 Å². The van der Waals surface area contributed by atoms with E-state index in [2.05, 4.69) is 48.1 Å². The van der Waals surface area contributed by atoms with Crippen LogP contribution in [-0.4, -0.2) is 40.3 Å². The van der Waals surface area contributed by atoms with Crippen LogP contribution in [0.15, 0.2) is 0 Å². The molecule has 0 aromatic carbocycles. The van der Waals surface area contributed by atoms with E-state index < -0.39 is 0 Å². The third-order valence-electron chi connectivity index (χ3n) is 4.06. The van der Waals surface area contributed by atoms with Crippen LogP contribution < -0.4 is 5.32 Å². The van der Waals surface area contributed by atoms with Crippen molar-refractivity contribution in [1.29, 1.82) is 0 Å². The number of nitrogens with one attached hydrogen (secondary N) is 2. The van der Waals surface area contributed by atoms with Crippen molar-refractivity contribution in [2.24, 2.45) is 0 Å². The lowest BCUT2D eigenvalue weighted by atomic mass is 10.0. The molecule has 1 aromatic heterocycles. The van der Waals surface area contributed by atoms with Gasteiger partial charge >= 0.3 is 0 Å². The van der Waals surface area contributed by atoms with Crippen LogP contribution in [0.3, 0.4) is 0 Å². The summed E-state index contributed by atoms with van der Waals surface area (Å²) in [5.41, 5.74) is 2.53. The van der Waals surface area contributed by atoms with E-state index in [1.54, 1.807) is 0 Å². The van der Waals surface area contributed by atoms with E-state index in [1.165, 1.54) is 37.2 Å². The Labute approximate surface area is 110 Å². The molecule has 102 valence electrons. The van der Waals surface area contributed by atoms with Gasteiger partial charge in [0.1, 0.15) is 0 Å². The minimum absolute atomic E-state index is 0.576. The number of hydrogen-bond donors (Lipinski definition) is 2. The Morgan fingerprint density at radius 3 is 2.56 bits per heavy atom. The zero-order chi connectivity index (χ0) is 13.1. The van der Waals surface area contributed by atoms with Gasteiger partial charge in [0.15, 0.2) is 5.82 Å². The Balaban J connectivity index is 1.89. The highest BCUT2D eigenvalue weighted by Crippen LogP contribution is 2.20. The van der Waals surface area contributed by atoms with E-state index in [-0.39, 0.29) is 0 Å². The SMILES string of the molecule is CCc1[nH]nc(NC2CCN(C(C)C)CC2)c1C. The molecular formula is C14H26N4. The highest BCUT2D eigenvalue weighted by molar-refractivity contribution is 5.46. The van der Waals surface area contributed by atoms with Crippen LogP contribution in [0.2, 0.25) is 0 Å². The molecule has 0 unspecified atom stereocenters. The van der Waals surface area contributed by atoms with Crippen LogP contribution in [0.25, 0.3) is 0 Å². The largest absolute Gasteiger partial charge is 0.366 e. The Hall–Kier alpha value is -1.03. The second kappa shape index (κ2) is 5.74. The molecular weight excluding hydrogens is 224 g/mol. The molecule has 1 aliphatic rings. The predicted octanol–water partition coefficient (Wildman–Crippen LogP) is 2.57. The Kier molecular flexibility index (Phi) is 4.27. The Bertz CT molecular complexity index is 375. The first kappa shape index (κ1) is 13.4. The number of anilines is 1. The van der Waals surface area contributed by atoms with Crippen LogP contribution >= 0.6 is 0 Å². The summed E-state index contributed by atoms with van der Waals surface area (Å²) in [6.45, 7) is 11.2. The second-order valence-corrected chi connectivity index (χ2v) is 5.58. The Morgan fingerprint density at radius 1 is 1.39 bits per heavy atom. The Morgan fingerprint density at radius 2 is 2.06 bits per heavy atom. The topological polar surface area (TPSA) is 44.0 Å². The minimum Gasteiger partial charge on any atom is -0.366 e. The number of likely N-dealkylation sites (tertiary alicyclic amines) is 1. The average Bonchev–Trinajstić information content (AvgIpc) is 2.71. The van der Waals surface area contributed by atoms with E-state index in [0.717, 1.165) is 12.2 Å². The highest BCUT2D eigenvalue weighted by Gasteiger charge is 2.21. The second-order valence-electron chi connectivity index (χ2n) is 5.58. The highest BCUT2D eigenvalue weighted by atomic mass is 15.2. The molecule has 1 aliphatic heterocycles. The molecule has 0 saturated carbocycles. The van der Waals surface area contributed by atoms with Crippen molar-refractivity contribution >= 4 is 5.82 Å². The summed E-state index contributed by atoms with van der Waals surface area (Å²) in [6.07, 6.45) is 3.45. The molecule has 18 heavy (non-hydrogen) atoms. The molecule has 2 rings (SSSR count). The van der Waals surface area contributed by atoms with Crippen LogP contribution in [0.1, 0.15) is 44.9 Å². The molecule has 4 heteroatoms. The number of piperidine rings is 1. The van der Waals surface area contributed by atoms with Crippen LogP contribution in [0, 0.1) is 6.92 Å². The quantitative estimate of drug-likeness (QED) is 0.863. The van der Waals surface area contributed by atoms with E-state index in [4.69, 9.17) is 0 Å². The van der Waals surface area contributed by atoms with Crippen LogP contribution in [0.4, 0.5) is 5.82 Å². The van der Waals surface area contributed by atoms with E-state index >= 15 is 0 Å². The number of aromatic amines is 1. The first-order valence-corrected chi connectivity index (χ1v) is 7.16.